The van der Waals surface area contributed by atoms with Crippen LogP contribution in [0, 0.1) is 5.92 Å². The smallest absolute Gasteiger partial charge is 0.405 e. The third-order valence-corrected chi connectivity index (χ3v) is 9.77. The summed E-state index contributed by atoms with van der Waals surface area (Å²) >= 11 is 1.80. The lowest BCUT2D eigenvalue weighted by Crippen LogP contribution is -2.49. The van der Waals surface area contributed by atoms with Crippen molar-refractivity contribution in [2.24, 2.45) is 5.92 Å². The van der Waals surface area contributed by atoms with E-state index in [-0.39, 0.29) is 108 Å². The van der Waals surface area contributed by atoms with Crippen LogP contribution in [0.2, 0.25) is 0 Å². The highest BCUT2D eigenvalue weighted by atomic mass is 32.2. The molecule has 0 aliphatic carbocycles. The van der Waals surface area contributed by atoms with Crippen molar-refractivity contribution in [2.45, 2.75) is 81.8 Å². The first-order chi connectivity index (χ1) is 25.9. The quantitative estimate of drug-likeness (QED) is 0.0305. The Morgan fingerprint density at radius 2 is 1.39 bits per heavy atom. The largest absolute Gasteiger partial charge is 0.480 e. The average Bonchev–Trinajstić information content (AvgIpc) is 3.67. The first-order valence-corrected chi connectivity index (χ1v) is 19.2. The van der Waals surface area contributed by atoms with E-state index >= 15 is 0 Å². The van der Waals surface area contributed by atoms with Crippen molar-refractivity contribution in [3.63, 3.8) is 0 Å². The van der Waals surface area contributed by atoms with E-state index in [1.165, 1.54) is 0 Å². The van der Waals surface area contributed by atoms with Gasteiger partial charge in [-0.05, 0) is 38.0 Å². The molecule has 5 atom stereocenters. The zero-order valence-electron chi connectivity index (χ0n) is 31.0. The molecule has 4 unspecified atom stereocenters. The van der Waals surface area contributed by atoms with Crippen LogP contribution in [0.3, 0.4) is 0 Å². The van der Waals surface area contributed by atoms with E-state index in [1.807, 2.05) is 0 Å². The Morgan fingerprint density at radius 1 is 0.759 bits per heavy atom. The van der Waals surface area contributed by atoms with Gasteiger partial charge in [0.2, 0.25) is 23.6 Å². The Morgan fingerprint density at radius 3 is 2.04 bits per heavy atom. The second-order valence-electron chi connectivity index (χ2n) is 13.0. The minimum atomic E-state index is -1.28. The molecule has 2 rings (SSSR count). The number of aliphatic carboxylic acids is 1. The summed E-state index contributed by atoms with van der Waals surface area (Å²) in [5.41, 5.74) is 0. The molecule has 2 fully saturated rings. The zero-order chi connectivity index (χ0) is 39.7. The number of rotatable bonds is 30. The van der Waals surface area contributed by atoms with Gasteiger partial charge < -0.3 is 66.4 Å². The van der Waals surface area contributed by atoms with Crippen LogP contribution in [-0.4, -0.2) is 160 Å². The highest BCUT2D eigenvalue weighted by molar-refractivity contribution is 8.00. The van der Waals surface area contributed by atoms with Gasteiger partial charge in [-0.2, -0.15) is 11.8 Å². The van der Waals surface area contributed by atoms with Crippen LogP contribution < -0.4 is 37.2 Å². The van der Waals surface area contributed by atoms with E-state index < -0.39 is 36.0 Å². The molecule has 20 nitrogen and oxygen atoms in total. The standard InChI is InChI=1S/C33H57N7O13S/c1-21(2)28(40-33(48)49)30(44)36-11-13-51-14-16-52-18-26(42)35-10-12-50-15-17-53-19-27(43)37-22(31(45)46)6-3-4-9-34-25(41)8-5-7-24-29-23(20-54-24)38-32(47)39-29/h21-24,28-29,40H,3-20H2,1-2H3,(H,34,41)(H,35,42)(H,36,44)(H,37,43)(H,45,46)(H,48,49)(H2,38,39,47)/t22?,23?,24?,28-,29?/m1/s1. The summed E-state index contributed by atoms with van der Waals surface area (Å²) in [5, 5.41) is 37.1. The third kappa shape index (κ3) is 20.0. The van der Waals surface area contributed by atoms with Gasteiger partial charge in [-0.1, -0.05) is 13.8 Å². The number of urea groups is 1. The van der Waals surface area contributed by atoms with Crippen molar-refractivity contribution < 1.29 is 62.7 Å². The molecular weight excluding hydrogens is 734 g/mol. The number of carbonyl (C=O) groups is 7. The summed E-state index contributed by atoms with van der Waals surface area (Å²) in [4.78, 5) is 82.2. The van der Waals surface area contributed by atoms with Crippen molar-refractivity contribution in [3.05, 3.63) is 0 Å². The first-order valence-electron chi connectivity index (χ1n) is 18.2. The lowest BCUT2D eigenvalue weighted by Gasteiger charge is -2.19. The maximum atomic E-state index is 12.2. The summed E-state index contributed by atoms with van der Waals surface area (Å²) in [6, 6.07) is -1.82. The molecule has 2 saturated heterocycles. The van der Waals surface area contributed by atoms with Crippen LogP contribution in [-0.2, 0) is 42.9 Å². The molecule has 54 heavy (non-hydrogen) atoms. The molecule has 0 aromatic rings. The highest BCUT2D eigenvalue weighted by Crippen LogP contribution is 2.33. The van der Waals surface area contributed by atoms with E-state index in [2.05, 4.69) is 37.2 Å². The van der Waals surface area contributed by atoms with Crippen LogP contribution in [0.15, 0.2) is 0 Å². The van der Waals surface area contributed by atoms with Crippen LogP contribution in [0.25, 0.3) is 0 Å². The number of nitrogens with one attached hydrogen (secondary N) is 7. The third-order valence-electron chi connectivity index (χ3n) is 8.26. The van der Waals surface area contributed by atoms with Crippen molar-refractivity contribution in [2.75, 3.05) is 78.2 Å². The Hall–Kier alpha value is -3.92. The molecular formula is C33H57N7O13S. The molecule has 0 saturated carbocycles. The number of carbonyl (C=O) groups excluding carboxylic acids is 5. The molecule has 308 valence electrons. The fourth-order valence-corrected chi connectivity index (χ4v) is 7.04. The monoisotopic (exact) mass is 791 g/mol. The fourth-order valence-electron chi connectivity index (χ4n) is 5.50. The Balaban J connectivity index is 1.38. The average molecular weight is 792 g/mol. The fraction of sp³-hybridized carbons (Fsp3) is 0.788. The number of hydrogen-bond acceptors (Lipinski definition) is 12. The van der Waals surface area contributed by atoms with Gasteiger partial charge in [-0.25, -0.2) is 14.4 Å². The normalized spacial score (nSPS) is 18.5. The molecule has 0 radical (unpaired) electrons. The van der Waals surface area contributed by atoms with Gasteiger partial charge in [-0.3, -0.25) is 19.2 Å². The van der Waals surface area contributed by atoms with E-state index in [4.69, 9.17) is 24.1 Å². The van der Waals surface area contributed by atoms with Gasteiger partial charge in [0.15, 0.2) is 0 Å². The summed E-state index contributed by atoms with van der Waals surface area (Å²) in [6.45, 7) is 4.67. The number of unbranched alkanes of at least 4 members (excludes halogenated alkanes) is 1. The second-order valence-corrected chi connectivity index (χ2v) is 14.2. The second kappa shape index (κ2) is 26.8. The number of amides is 7. The maximum absolute atomic E-state index is 12.2. The maximum Gasteiger partial charge on any atom is 0.405 e. The molecule has 2 heterocycles. The van der Waals surface area contributed by atoms with Crippen molar-refractivity contribution >= 4 is 53.5 Å². The number of ether oxygens (including phenoxy) is 4. The van der Waals surface area contributed by atoms with Gasteiger partial charge >= 0.3 is 18.1 Å². The van der Waals surface area contributed by atoms with Gasteiger partial charge in [0.05, 0.1) is 51.7 Å². The van der Waals surface area contributed by atoms with Crippen molar-refractivity contribution in [1.82, 2.24) is 37.2 Å². The SMILES string of the molecule is CC(C)[C@@H](NC(=O)O)C(=O)NCCOCCOCC(=O)NCCOCCOCC(=O)NC(CCCCNC(=O)CCCC1SCC2NC(=O)NC21)C(=O)O. The zero-order valence-corrected chi connectivity index (χ0v) is 31.8. The molecule has 7 amide bonds. The van der Waals surface area contributed by atoms with Gasteiger partial charge in [-0.15, -0.1) is 0 Å². The van der Waals surface area contributed by atoms with E-state index in [9.17, 15) is 38.7 Å². The number of fused-ring (bicyclic) bond motifs is 1. The summed E-state index contributed by atoms with van der Waals surface area (Å²) in [5.74, 6) is -1.96. The van der Waals surface area contributed by atoms with E-state index in [1.54, 1.807) is 25.6 Å². The number of carboxylic acids is 1. The molecule has 2 aliphatic heterocycles. The van der Waals surface area contributed by atoms with Gasteiger partial charge in [0.25, 0.3) is 0 Å². The molecule has 0 bridgehead atoms. The van der Waals surface area contributed by atoms with E-state index in [0.29, 0.717) is 37.5 Å². The molecule has 2 aliphatic rings. The molecule has 0 spiro atoms. The van der Waals surface area contributed by atoms with Gasteiger partial charge in [0, 0.05) is 37.1 Å². The molecule has 9 N–H and O–H groups in total. The van der Waals surface area contributed by atoms with Gasteiger partial charge in [0.1, 0.15) is 25.3 Å². The van der Waals surface area contributed by atoms with Crippen LogP contribution in [0.5, 0.6) is 0 Å². The van der Waals surface area contributed by atoms with Crippen molar-refractivity contribution in [3.8, 4) is 0 Å². The Kier molecular flexibility index (Phi) is 22.9. The minimum absolute atomic E-state index is 0.0730. The first kappa shape index (κ1) is 46.2. The number of thioether (sulfide) groups is 1. The van der Waals surface area contributed by atoms with Crippen LogP contribution in [0.4, 0.5) is 9.59 Å². The Labute approximate surface area is 319 Å². The number of hydrogen-bond donors (Lipinski definition) is 9. The summed E-state index contributed by atoms with van der Waals surface area (Å²) < 4.78 is 21.1. The molecule has 21 heteroatoms. The summed E-state index contributed by atoms with van der Waals surface area (Å²) in [7, 11) is 0. The predicted molar refractivity (Wildman–Crippen MR) is 195 cm³/mol. The number of carboxylic acid groups (broad SMARTS) is 2. The van der Waals surface area contributed by atoms with Crippen LogP contribution in [0.1, 0.15) is 52.4 Å². The van der Waals surface area contributed by atoms with Crippen LogP contribution >= 0.6 is 11.8 Å². The predicted octanol–water partition coefficient (Wildman–Crippen LogP) is -1.23. The minimum Gasteiger partial charge on any atom is -0.480 e. The van der Waals surface area contributed by atoms with Crippen molar-refractivity contribution in [1.29, 1.82) is 0 Å². The Bertz CT molecular complexity index is 1220. The summed E-state index contributed by atoms with van der Waals surface area (Å²) in [6.07, 6.45) is 1.89. The molecule has 0 aromatic carbocycles. The lowest BCUT2D eigenvalue weighted by molar-refractivity contribution is -0.142. The van der Waals surface area contributed by atoms with E-state index in [0.717, 1.165) is 12.2 Å². The topological polar surface area (TPSA) is 281 Å². The molecule has 0 aromatic heterocycles. The highest BCUT2D eigenvalue weighted by Gasteiger charge is 2.42. The lowest BCUT2D eigenvalue weighted by atomic mass is 10.0.